The first-order valence-electron chi connectivity index (χ1n) is 7.76. The average molecular weight is 369 g/mol. The van der Waals surface area contributed by atoms with E-state index in [1.165, 1.54) is 13.8 Å². The number of carbonyl (C=O) groups is 2. The van der Waals surface area contributed by atoms with Crippen molar-refractivity contribution in [1.82, 2.24) is 4.90 Å². The quantitative estimate of drug-likeness (QED) is 0.555. The van der Waals surface area contributed by atoms with Gasteiger partial charge in [-0.25, -0.2) is 9.69 Å². The van der Waals surface area contributed by atoms with Crippen LogP contribution in [0, 0.1) is 0 Å². The largest absolute Gasteiger partial charge is 0.446 e. The predicted molar refractivity (Wildman–Crippen MR) is 85.0 cm³/mol. The van der Waals surface area contributed by atoms with Crippen molar-refractivity contribution in [2.45, 2.75) is 83.6 Å². The van der Waals surface area contributed by atoms with E-state index in [1.54, 1.807) is 13.1 Å². The Morgan fingerprint density at radius 1 is 1.25 bits per heavy atom. The molecule has 2 atom stereocenters. The summed E-state index contributed by atoms with van der Waals surface area (Å²) in [7, 11) is -2.67. The fraction of sp³-hybridized carbons (Fsp3) is 0.867. The van der Waals surface area contributed by atoms with Gasteiger partial charge in [-0.15, -0.1) is 0 Å². The van der Waals surface area contributed by atoms with Gasteiger partial charge in [-0.3, -0.25) is 4.79 Å². The van der Waals surface area contributed by atoms with Gasteiger partial charge < -0.3 is 9.16 Å². The number of likely N-dealkylation sites (tertiary alicyclic amines) is 1. The van der Waals surface area contributed by atoms with Gasteiger partial charge in [0.25, 0.3) is 5.91 Å². The molecule has 0 aromatic rings. The molecule has 140 valence electrons. The molecule has 0 radical (unpaired) electrons. The first-order chi connectivity index (χ1) is 10.4. The molecule has 0 spiro atoms. The normalized spacial score (nSPS) is 25.8. The van der Waals surface area contributed by atoms with Gasteiger partial charge in [0, 0.05) is 0 Å². The number of hydrogen-bond donors (Lipinski definition) is 0. The zero-order valence-corrected chi connectivity index (χ0v) is 16.4. The summed E-state index contributed by atoms with van der Waals surface area (Å²) in [5.41, 5.74) is -2.11. The number of hydrogen-bond acceptors (Lipinski definition) is 4. The van der Waals surface area contributed by atoms with E-state index in [2.05, 4.69) is 0 Å². The highest BCUT2D eigenvalue weighted by molar-refractivity contribution is 6.74. The zero-order chi connectivity index (χ0) is 19.3. The van der Waals surface area contributed by atoms with Gasteiger partial charge in [0.05, 0.1) is 6.10 Å². The van der Waals surface area contributed by atoms with Crippen molar-refractivity contribution in [2.75, 3.05) is 0 Å². The molecule has 1 aliphatic heterocycles. The Labute approximate surface area is 141 Å². The zero-order valence-electron chi connectivity index (χ0n) is 15.4. The van der Waals surface area contributed by atoms with Gasteiger partial charge >= 0.3 is 12.3 Å². The Morgan fingerprint density at radius 2 is 1.71 bits per heavy atom. The molecular formula is C15H26F3NO4Si. The summed E-state index contributed by atoms with van der Waals surface area (Å²) in [5.74, 6) is -1.01. The topological polar surface area (TPSA) is 55.8 Å². The minimum absolute atomic E-state index is 0.118. The lowest BCUT2D eigenvalue weighted by Crippen LogP contribution is -2.81. The molecule has 9 heteroatoms. The summed E-state index contributed by atoms with van der Waals surface area (Å²) in [4.78, 5) is 24.4. The maximum atomic E-state index is 13.5. The molecule has 1 heterocycles. The standard InChI is InChI=1S/C15H26F3NO4Si/c1-9(2)22-12(21)19-10(15(16,17)18)14(6,11(19)20)23-24(7,8)13(3,4)5/h9-10H,1-8H3/t10-,14-/m1/s1. The number of β-lactam (4-membered cyclic amide) rings is 1. The number of imide groups is 1. The van der Waals surface area contributed by atoms with Crippen LogP contribution in [0.3, 0.4) is 0 Å². The van der Waals surface area contributed by atoms with E-state index in [9.17, 15) is 22.8 Å². The minimum atomic E-state index is -4.80. The van der Waals surface area contributed by atoms with Gasteiger partial charge in [0.15, 0.2) is 20.0 Å². The highest BCUT2D eigenvalue weighted by atomic mass is 28.4. The van der Waals surface area contributed by atoms with E-state index in [0.29, 0.717) is 0 Å². The minimum Gasteiger partial charge on any atom is -0.446 e. The smallest absolute Gasteiger partial charge is 0.417 e. The molecule has 0 aromatic heterocycles. The molecular weight excluding hydrogens is 343 g/mol. The molecule has 0 aromatic carbocycles. The van der Waals surface area contributed by atoms with Crippen LogP contribution < -0.4 is 0 Å². The van der Waals surface area contributed by atoms with Gasteiger partial charge in [-0.2, -0.15) is 13.2 Å². The molecule has 0 aliphatic carbocycles. The highest BCUT2D eigenvalue weighted by Crippen LogP contribution is 2.49. The molecule has 1 rings (SSSR count). The molecule has 0 unspecified atom stereocenters. The Bertz CT molecular complexity index is 528. The van der Waals surface area contributed by atoms with E-state index >= 15 is 0 Å². The number of halogens is 3. The van der Waals surface area contributed by atoms with E-state index in [0.717, 1.165) is 6.92 Å². The Hall–Kier alpha value is -1.09. The SMILES string of the molecule is CC(C)OC(=O)N1C(=O)[C@](C)(O[Si](C)(C)C(C)(C)C)[C@@H]1C(F)(F)F. The van der Waals surface area contributed by atoms with Crippen LogP contribution in [0.2, 0.25) is 18.1 Å². The van der Waals surface area contributed by atoms with Crippen molar-refractivity contribution in [1.29, 1.82) is 0 Å². The molecule has 0 bridgehead atoms. The molecule has 1 fully saturated rings. The summed E-state index contributed by atoms with van der Waals surface area (Å²) in [5, 5.41) is -0.384. The van der Waals surface area contributed by atoms with Crippen molar-refractivity contribution < 1.29 is 31.9 Å². The van der Waals surface area contributed by atoms with E-state index < -0.39 is 44.2 Å². The van der Waals surface area contributed by atoms with Crippen LogP contribution in [0.1, 0.15) is 41.5 Å². The number of carbonyl (C=O) groups excluding carboxylic acids is 2. The monoisotopic (exact) mass is 369 g/mol. The number of rotatable bonds is 3. The van der Waals surface area contributed by atoms with E-state index in [1.807, 2.05) is 20.8 Å². The second kappa shape index (κ2) is 6.01. The Kier molecular flexibility index (Phi) is 5.25. The lowest BCUT2D eigenvalue weighted by atomic mass is 9.84. The van der Waals surface area contributed by atoms with Crippen LogP contribution in [-0.2, 0) is 14.0 Å². The first kappa shape index (κ1) is 21.0. The Morgan fingerprint density at radius 3 is 2.04 bits per heavy atom. The third-order valence-corrected chi connectivity index (χ3v) is 9.09. The number of ether oxygens (including phenoxy) is 1. The molecule has 1 aliphatic rings. The fourth-order valence-corrected chi connectivity index (χ4v) is 3.91. The lowest BCUT2D eigenvalue weighted by Gasteiger charge is -2.55. The van der Waals surface area contributed by atoms with Crippen LogP contribution in [-0.4, -0.2) is 49.1 Å². The summed E-state index contributed by atoms with van der Waals surface area (Å²) in [6.07, 6.45) is -6.73. The number of nitrogens with zero attached hydrogens (tertiary/aromatic N) is 1. The molecule has 0 N–H and O–H groups in total. The summed E-state index contributed by atoms with van der Waals surface area (Å²) in [6, 6.07) is -2.35. The second-order valence-corrected chi connectivity index (χ2v) is 12.7. The van der Waals surface area contributed by atoms with Crippen LogP contribution in [0.15, 0.2) is 0 Å². The van der Waals surface area contributed by atoms with Crippen molar-refractivity contribution >= 4 is 20.3 Å². The number of alkyl halides is 3. The fourth-order valence-electron chi connectivity index (χ4n) is 2.34. The van der Waals surface area contributed by atoms with Crippen LogP contribution >= 0.6 is 0 Å². The summed E-state index contributed by atoms with van der Waals surface area (Å²) >= 11 is 0. The second-order valence-electron chi connectivity index (χ2n) is 8.02. The summed E-state index contributed by atoms with van der Waals surface area (Å²) in [6.45, 7) is 13.2. The molecule has 0 saturated carbocycles. The molecule has 2 amide bonds. The van der Waals surface area contributed by atoms with Crippen LogP contribution in [0.4, 0.5) is 18.0 Å². The molecule has 1 saturated heterocycles. The van der Waals surface area contributed by atoms with Crippen LogP contribution in [0.25, 0.3) is 0 Å². The maximum absolute atomic E-state index is 13.5. The van der Waals surface area contributed by atoms with Crippen molar-refractivity contribution in [3.05, 3.63) is 0 Å². The number of amides is 2. The predicted octanol–water partition coefficient (Wildman–Crippen LogP) is 4.09. The molecule has 5 nitrogen and oxygen atoms in total. The maximum Gasteiger partial charge on any atom is 0.417 e. The average Bonchev–Trinajstić information content (AvgIpc) is 2.30. The van der Waals surface area contributed by atoms with E-state index in [4.69, 9.17) is 9.16 Å². The first-order valence-corrected chi connectivity index (χ1v) is 10.7. The molecule has 24 heavy (non-hydrogen) atoms. The third-order valence-electron chi connectivity index (χ3n) is 4.54. The highest BCUT2D eigenvalue weighted by Gasteiger charge is 2.73. The Balaban J connectivity index is 3.20. The van der Waals surface area contributed by atoms with Crippen LogP contribution in [0.5, 0.6) is 0 Å². The van der Waals surface area contributed by atoms with Gasteiger partial charge in [0.1, 0.15) is 0 Å². The van der Waals surface area contributed by atoms with Crippen molar-refractivity contribution in [3.8, 4) is 0 Å². The van der Waals surface area contributed by atoms with Gasteiger partial charge in [-0.1, -0.05) is 20.8 Å². The summed E-state index contributed by atoms with van der Waals surface area (Å²) < 4.78 is 51.1. The van der Waals surface area contributed by atoms with Crippen molar-refractivity contribution in [2.24, 2.45) is 0 Å². The van der Waals surface area contributed by atoms with Gasteiger partial charge in [-0.05, 0) is 38.9 Å². The van der Waals surface area contributed by atoms with Crippen molar-refractivity contribution in [3.63, 3.8) is 0 Å². The van der Waals surface area contributed by atoms with E-state index in [-0.39, 0.29) is 9.94 Å². The third kappa shape index (κ3) is 3.61. The van der Waals surface area contributed by atoms with Gasteiger partial charge in [0.2, 0.25) is 0 Å². The lowest BCUT2D eigenvalue weighted by molar-refractivity contribution is -0.255.